The Morgan fingerprint density at radius 1 is 0.885 bits per heavy atom. The molecule has 0 amide bonds. The summed E-state index contributed by atoms with van der Waals surface area (Å²) in [6.45, 7) is 0. The van der Waals surface area contributed by atoms with Gasteiger partial charge in [0.1, 0.15) is 0 Å². The highest BCUT2D eigenvalue weighted by atomic mass is 32.2. The number of hydrogen-bond acceptors (Lipinski definition) is 8. The predicted octanol–water partition coefficient (Wildman–Crippen LogP) is 0.917. The molecule has 0 aliphatic heterocycles. The molecule has 0 spiro atoms. The van der Waals surface area contributed by atoms with E-state index in [4.69, 9.17) is 16.6 Å². The quantitative estimate of drug-likeness (QED) is 0.586. The molecular formula is C13H10F3N7O2S. The predicted molar refractivity (Wildman–Crippen MR) is 85.8 cm³/mol. The summed E-state index contributed by atoms with van der Waals surface area (Å²) < 4.78 is 60.8. The molecule has 9 nitrogen and oxygen atoms in total. The maximum atomic E-state index is 12.6. The molecule has 0 bridgehead atoms. The molecule has 0 saturated carbocycles. The number of aromatic nitrogens is 4. The zero-order valence-electron chi connectivity index (χ0n) is 12.7. The van der Waals surface area contributed by atoms with Crippen LogP contribution in [0.5, 0.6) is 0 Å². The van der Waals surface area contributed by atoms with Crippen LogP contribution < -0.4 is 16.6 Å². The van der Waals surface area contributed by atoms with Crippen molar-refractivity contribution < 1.29 is 21.6 Å². The van der Waals surface area contributed by atoms with Crippen molar-refractivity contribution in [1.29, 1.82) is 0 Å². The summed E-state index contributed by atoms with van der Waals surface area (Å²) in [5.74, 6) is -0.750. The minimum Gasteiger partial charge on any atom is -0.382 e. The molecule has 26 heavy (non-hydrogen) atoms. The molecule has 0 unspecified atom stereocenters. The number of halogens is 3. The van der Waals surface area contributed by atoms with Crippen molar-refractivity contribution in [2.24, 2.45) is 5.14 Å². The molecule has 6 N–H and O–H groups in total. The average Bonchev–Trinajstić information content (AvgIpc) is 2.52. The van der Waals surface area contributed by atoms with Crippen molar-refractivity contribution in [2.45, 2.75) is 11.2 Å². The lowest BCUT2D eigenvalue weighted by atomic mass is 10.1. The maximum Gasteiger partial charge on any atom is 0.416 e. The van der Waals surface area contributed by atoms with Crippen molar-refractivity contribution in [3.05, 3.63) is 29.8 Å². The van der Waals surface area contributed by atoms with Gasteiger partial charge in [-0.1, -0.05) is 12.1 Å². The second-order valence-electron chi connectivity index (χ2n) is 5.14. The van der Waals surface area contributed by atoms with Crippen LogP contribution in [0.3, 0.4) is 0 Å². The van der Waals surface area contributed by atoms with Gasteiger partial charge in [0.25, 0.3) is 10.0 Å². The molecule has 3 aromatic rings. The lowest BCUT2D eigenvalue weighted by Gasteiger charge is -2.09. The van der Waals surface area contributed by atoms with Crippen molar-refractivity contribution in [3.63, 3.8) is 0 Å². The molecule has 2 aromatic heterocycles. The first kappa shape index (κ1) is 17.8. The molecule has 0 saturated heterocycles. The Hall–Kier alpha value is -3.06. The van der Waals surface area contributed by atoms with E-state index in [2.05, 4.69) is 19.9 Å². The number of fused-ring (bicyclic) bond motifs is 1. The van der Waals surface area contributed by atoms with E-state index in [0.29, 0.717) is 0 Å². The fourth-order valence-corrected chi connectivity index (χ4v) is 2.67. The van der Waals surface area contributed by atoms with Gasteiger partial charge in [0.15, 0.2) is 28.6 Å². The molecular weight excluding hydrogens is 375 g/mol. The van der Waals surface area contributed by atoms with Gasteiger partial charge >= 0.3 is 6.18 Å². The first-order valence-electron chi connectivity index (χ1n) is 6.78. The van der Waals surface area contributed by atoms with E-state index >= 15 is 0 Å². The lowest BCUT2D eigenvalue weighted by molar-refractivity contribution is -0.137. The molecule has 1 aromatic carbocycles. The number of nitrogens with two attached hydrogens (primary N) is 3. The number of sulfonamides is 1. The first-order valence-corrected chi connectivity index (χ1v) is 8.32. The van der Waals surface area contributed by atoms with Gasteiger partial charge in [0, 0.05) is 5.56 Å². The average molecular weight is 385 g/mol. The Bertz CT molecular complexity index is 1120. The second-order valence-corrected chi connectivity index (χ2v) is 6.62. The summed E-state index contributed by atoms with van der Waals surface area (Å²) in [5, 5.41) is 4.31. The zero-order chi connectivity index (χ0) is 19.3. The number of anilines is 2. The van der Waals surface area contributed by atoms with Gasteiger partial charge in [-0.25, -0.2) is 33.5 Å². The lowest BCUT2D eigenvalue weighted by Crippen LogP contribution is -2.18. The van der Waals surface area contributed by atoms with Crippen molar-refractivity contribution in [3.8, 4) is 11.4 Å². The maximum absolute atomic E-state index is 12.6. The largest absolute Gasteiger partial charge is 0.416 e. The van der Waals surface area contributed by atoms with Crippen LogP contribution in [0, 0.1) is 0 Å². The molecule has 0 aliphatic rings. The smallest absolute Gasteiger partial charge is 0.382 e. The van der Waals surface area contributed by atoms with Crippen LogP contribution in [0.1, 0.15) is 5.56 Å². The normalized spacial score (nSPS) is 12.5. The van der Waals surface area contributed by atoms with Gasteiger partial charge in [0.05, 0.1) is 5.56 Å². The monoisotopic (exact) mass is 385 g/mol. The van der Waals surface area contributed by atoms with Crippen LogP contribution in [-0.4, -0.2) is 28.4 Å². The number of primary sulfonamides is 1. The molecule has 3 rings (SSSR count). The van der Waals surface area contributed by atoms with Crippen molar-refractivity contribution >= 4 is 32.8 Å². The second kappa shape index (κ2) is 5.74. The molecule has 0 fully saturated rings. The number of alkyl halides is 3. The van der Waals surface area contributed by atoms with Gasteiger partial charge < -0.3 is 11.5 Å². The Kier molecular flexibility index (Phi) is 3.92. The van der Waals surface area contributed by atoms with Crippen LogP contribution >= 0.6 is 0 Å². The summed E-state index contributed by atoms with van der Waals surface area (Å²) in [4.78, 5) is 15.5. The van der Waals surface area contributed by atoms with Gasteiger partial charge in [-0.2, -0.15) is 13.2 Å². The van der Waals surface area contributed by atoms with E-state index in [9.17, 15) is 21.6 Å². The van der Waals surface area contributed by atoms with E-state index in [0.717, 1.165) is 12.1 Å². The third-order valence-corrected chi connectivity index (χ3v) is 4.13. The van der Waals surface area contributed by atoms with Crippen molar-refractivity contribution in [1.82, 2.24) is 19.9 Å². The topological polar surface area (TPSA) is 164 Å². The Morgan fingerprint density at radius 2 is 1.50 bits per heavy atom. The van der Waals surface area contributed by atoms with Crippen LogP contribution in [0.25, 0.3) is 22.6 Å². The van der Waals surface area contributed by atoms with Crippen LogP contribution in [0.2, 0.25) is 0 Å². The molecule has 136 valence electrons. The first-order chi connectivity index (χ1) is 12.0. The van der Waals surface area contributed by atoms with E-state index < -0.39 is 32.6 Å². The van der Waals surface area contributed by atoms with Gasteiger partial charge in [-0.05, 0) is 12.1 Å². The fourth-order valence-electron chi connectivity index (χ4n) is 2.11. The number of nitrogens with zero attached hydrogens (tertiary/aromatic N) is 4. The third-order valence-electron chi connectivity index (χ3n) is 3.29. The summed E-state index contributed by atoms with van der Waals surface area (Å²) in [6.07, 6.45) is -4.48. The number of benzene rings is 1. The van der Waals surface area contributed by atoms with E-state index in [1.807, 2.05) is 0 Å². The number of nitrogen functional groups attached to an aromatic ring is 2. The highest BCUT2D eigenvalue weighted by Gasteiger charge is 2.30. The molecule has 13 heteroatoms. The molecule has 0 radical (unpaired) electrons. The minimum absolute atomic E-state index is 0.0271. The summed E-state index contributed by atoms with van der Waals surface area (Å²) >= 11 is 0. The van der Waals surface area contributed by atoms with Crippen LogP contribution in [0.15, 0.2) is 29.3 Å². The Balaban J connectivity index is 2.15. The minimum atomic E-state index is -4.48. The van der Waals surface area contributed by atoms with Crippen LogP contribution in [-0.2, 0) is 16.2 Å². The third kappa shape index (κ3) is 3.21. The summed E-state index contributed by atoms with van der Waals surface area (Å²) in [7, 11) is -4.24. The highest BCUT2D eigenvalue weighted by molar-refractivity contribution is 7.89. The Morgan fingerprint density at radius 3 is 2.04 bits per heavy atom. The summed E-state index contributed by atoms with van der Waals surface area (Å²) in [5.41, 5.74) is 10.4. The fraction of sp³-hybridized carbons (Fsp3) is 0.0769. The molecule has 2 heterocycles. The van der Waals surface area contributed by atoms with Gasteiger partial charge in [-0.15, -0.1) is 0 Å². The number of rotatable bonds is 2. The standard InChI is InChI=1S/C13H10F3N7O2S/c14-13(15,16)6-3-1-5(2-4-6)10-21-8(17)7-11(23-10)22-9(18)12(20-7)26(19,24)25/h1-4H,(H2,19,24,25)(H4,17,18,21,22,23). The van der Waals surface area contributed by atoms with E-state index in [-0.39, 0.29) is 28.4 Å². The van der Waals surface area contributed by atoms with Gasteiger partial charge in [0.2, 0.25) is 5.03 Å². The van der Waals surface area contributed by atoms with Gasteiger partial charge in [-0.3, -0.25) is 0 Å². The zero-order valence-corrected chi connectivity index (χ0v) is 13.5. The van der Waals surface area contributed by atoms with E-state index in [1.54, 1.807) is 0 Å². The van der Waals surface area contributed by atoms with E-state index in [1.165, 1.54) is 12.1 Å². The Labute approximate surface area is 144 Å². The van der Waals surface area contributed by atoms with Crippen molar-refractivity contribution in [2.75, 3.05) is 11.5 Å². The highest BCUT2D eigenvalue weighted by Crippen LogP contribution is 2.31. The van der Waals surface area contributed by atoms with Crippen LogP contribution in [0.4, 0.5) is 24.8 Å². The number of hydrogen-bond donors (Lipinski definition) is 3. The summed E-state index contributed by atoms with van der Waals surface area (Å²) in [6, 6.07) is 4.06. The molecule has 0 aliphatic carbocycles. The SMILES string of the molecule is Nc1nc2nc(-c3ccc(C(F)(F)F)cc3)nc(N)c2nc1S(N)(=O)=O. The molecule has 0 atom stereocenters.